The van der Waals surface area contributed by atoms with Gasteiger partial charge in [-0.1, -0.05) is 20.3 Å². The van der Waals surface area contributed by atoms with Crippen LogP contribution in [0, 0.1) is 0 Å². The molecule has 0 aromatic carbocycles. The largest absolute Gasteiger partial charge is 0.356 e. The fourth-order valence-electron chi connectivity index (χ4n) is 0.655. The van der Waals surface area contributed by atoms with E-state index in [1.807, 2.05) is 14.0 Å². The maximum atomic E-state index is 10.1. The van der Waals surface area contributed by atoms with E-state index in [-0.39, 0.29) is 5.91 Å². The Hall–Kier alpha value is -0.570. The topological polar surface area (TPSA) is 41.1 Å². The Labute approximate surface area is 82.3 Å². The summed E-state index contributed by atoms with van der Waals surface area (Å²) in [6.07, 6.45) is 3.61. The van der Waals surface area contributed by atoms with Gasteiger partial charge in [0.25, 0.3) is 0 Å². The first-order valence-electron chi connectivity index (χ1n) is 5.08. The van der Waals surface area contributed by atoms with Gasteiger partial charge in [0, 0.05) is 13.5 Å². The monoisotopic (exact) mass is 188 g/mol. The molecule has 0 spiro atoms. The van der Waals surface area contributed by atoms with Gasteiger partial charge in [-0.15, -0.1) is 0 Å². The van der Waals surface area contributed by atoms with Gasteiger partial charge in [-0.25, -0.2) is 0 Å². The molecule has 0 bridgehead atoms. The molecule has 0 aliphatic heterocycles. The van der Waals surface area contributed by atoms with Gasteiger partial charge in [-0.3, -0.25) is 4.79 Å². The summed E-state index contributed by atoms with van der Waals surface area (Å²) in [4.78, 5) is 10.1. The van der Waals surface area contributed by atoms with E-state index in [9.17, 15) is 4.79 Å². The molecule has 2 N–H and O–H groups in total. The lowest BCUT2D eigenvalue weighted by atomic mass is 10.3. The molecule has 0 atom stereocenters. The van der Waals surface area contributed by atoms with Gasteiger partial charge in [0.2, 0.25) is 5.91 Å². The van der Waals surface area contributed by atoms with Crippen molar-refractivity contribution in [3.05, 3.63) is 0 Å². The van der Waals surface area contributed by atoms with Gasteiger partial charge in [0.1, 0.15) is 0 Å². The average Bonchev–Trinajstić information content (AvgIpc) is 2.12. The summed E-state index contributed by atoms with van der Waals surface area (Å²) in [7, 11) is 1.98. The van der Waals surface area contributed by atoms with Crippen molar-refractivity contribution >= 4 is 5.91 Å². The molecule has 0 aliphatic rings. The number of hydrogen-bond acceptors (Lipinski definition) is 2. The fourth-order valence-corrected chi connectivity index (χ4v) is 0.655. The lowest BCUT2D eigenvalue weighted by Crippen LogP contribution is -2.19. The number of carbonyl (C=O) groups excluding carboxylic acids is 1. The molecule has 0 unspecified atom stereocenters. The molecule has 0 radical (unpaired) electrons. The normalized spacial score (nSPS) is 8.62. The van der Waals surface area contributed by atoms with Crippen LogP contribution in [0.15, 0.2) is 0 Å². The van der Waals surface area contributed by atoms with E-state index in [0.717, 1.165) is 19.5 Å². The Bertz CT molecular complexity index is 101. The molecule has 0 rings (SSSR count). The number of carbonyl (C=O) groups is 1. The van der Waals surface area contributed by atoms with Crippen molar-refractivity contribution in [3.8, 4) is 0 Å². The fraction of sp³-hybridized carbons (Fsp3) is 0.900. The molecule has 80 valence electrons. The lowest BCUT2D eigenvalue weighted by Gasteiger charge is -1.93. The van der Waals surface area contributed by atoms with Crippen LogP contribution in [0.1, 0.15) is 40.0 Å². The molecule has 0 aromatic heterocycles. The van der Waals surface area contributed by atoms with Crippen LogP contribution in [0.25, 0.3) is 0 Å². The highest BCUT2D eigenvalue weighted by Gasteiger charge is 1.83. The van der Waals surface area contributed by atoms with Crippen LogP contribution in [0.3, 0.4) is 0 Å². The summed E-state index contributed by atoms with van der Waals surface area (Å²) in [5.74, 6) is 0.0573. The zero-order chi connectivity index (χ0) is 10.5. The van der Waals surface area contributed by atoms with E-state index in [4.69, 9.17) is 0 Å². The van der Waals surface area contributed by atoms with Crippen molar-refractivity contribution in [3.63, 3.8) is 0 Å². The van der Waals surface area contributed by atoms with Gasteiger partial charge < -0.3 is 10.6 Å². The number of rotatable bonds is 5. The van der Waals surface area contributed by atoms with Crippen molar-refractivity contribution in [1.29, 1.82) is 0 Å². The Morgan fingerprint density at radius 2 is 1.77 bits per heavy atom. The zero-order valence-electron chi connectivity index (χ0n) is 9.44. The molecule has 1 amide bonds. The van der Waals surface area contributed by atoms with Crippen molar-refractivity contribution in [2.75, 3.05) is 20.1 Å². The third kappa shape index (κ3) is 24.6. The minimum atomic E-state index is 0.0573. The van der Waals surface area contributed by atoms with Crippen molar-refractivity contribution in [2.24, 2.45) is 0 Å². The molecular formula is C10H24N2O. The standard InChI is InChI=1S/C5H11NO.C5H13N/c1-3-4-6-5(2)7;1-3-4-5-6-2/h3-4H2,1-2H3,(H,6,7);6H,3-5H2,1-2H3. The Morgan fingerprint density at radius 1 is 1.15 bits per heavy atom. The van der Waals surface area contributed by atoms with Crippen LogP contribution < -0.4 is 10.6 Å². The summed E-state index contributed by atoms with van der Waals surface area (Å²) in [6, 6.07) is 0. The molecule has 0 saturated heterocycles. The molecule has 0 heterocycles. The highest BCUT2D eigenvalue weighted by molar-refractivity contribution is 5.72. The molecule has 0 fully saturated rings. The third-order valence-corrected chi connectivity index (χ3v) is 1.40. The first-order chi connectivity index (χ1) is 6.18. The van der Waals surface area contributed by atoms with Crippen LogP contribution in [-0.2, 0) is 4.79 Å². The van der Waals surface area contributed by atoms with Crippen LogP contribution in [-0.4, -0.2) is 26.0 Å². The lowest BCUT2D eigenvalue weighted by molar-refractivity contribution is -0.118. The SMILES string of the molecule is CCCCNC.CCCNC(C)=O. The predicted molar refractivity (Wildman–Crippen MR) is 57.8 cm³/mol. The Morgan fingerprint density at radius 3 is 1.92 bits per heavy atom. The van der Waals surface area contributed by atoms with Gasteiger partial charge in [-0.2, -0.15) is 0 Å². The van der Waals surface area contributed by atoms with Crippen molar-refractivity contribution in [1.82, 2.24) is 10.6 Å². The summed E-state index contributed by atoms with van der Waals surface area (Å²) in [6.45, 7) is 7.70. The third-order valence-electron chi connectivity index (χ3n) is 1.40. The molecule has 3 nitrogen and oxygen atoms in total. The highest BCUT2D eigenvalue weighted by atomic mass is 16.1. The minimum Gasteiger partial charge on any atom is -0.356 e. The molecule has 0 aromatic rings. The van der Waals surface area contributed by atoms with Crippen molar-refractivity contribution in [2.45, 2.75) is 40.0 Å². The summed E-state index contributed by atoms with van der Waals surface area (Å²) >= 11 is 0. The van der Waals surface area contributed by atoms with E-state index in [2.05, 4.69) is 17.6 Å². The van der Waals surface area contributed by atoms with Gasteiger partial charge in [0.05, 0.1) is 0 Å². The van der Waals surface area contributed by atoms with E-state index >= 15 is 0 Å². The molecule has 13 heavy (non-hydrogen) atoms. The quantitative estimate of drug-likeness (QED) is 0.643. The number of amides is 1. The second-order valence-corrected chi connectivity index (χ2v) is 2.94. The molecule has 0 saturated carbocycles. The van der Waals surface area contributed by atoms with E-state index in [1.165, 1.54) is 19.8 Å². The number of unbranched alkanes of at least 4 members (excludes halogenated alkanes) is 1. The summed E-state index contributed by atoms with van der Waals surface area (Å²) < 4.78 is 0. The van der Waals surface area contributed by atoms with Crippen LogP contribution in [0.4, 0.5) is 0 Å². The Balaban J connectivity index is 0. The van der Waals surface area contributed by atoms with Gasteiger partial charge in [-0.05, 0) is 26.4 Å². The average molecular weight is 188 g/mol. The summed E-state index contributed by atoms with van der Waals surface area (Å²) in [5, 5.41) is 5.72. The minimum absolute atomic E-state index is 0.0573. The van der Waals surface area contributed by atoms with E-state index in [1.54, 1.807) is 0 Å². The molecular weight excluding hydrogens is 164 g/mol. The maximum Gasteiger partial charge on any atom is 0.216 e. The highest BCUT2D eigenvalue weighted by Crippen LogP contribution is 1.79. The predicted octanol–water partition coefficient (Wildman–Crippen LogP) is 1.54. The van der Waals surface area contributed by atoms with E-state index < -0.39 is 0 Å². The van der Waals surface area contributed by atoms with Gasteiger partial charge in [0.15, 0.2) is 0 Å². The van der Waals surface area contributed by atoms with Crippen LogP contribution in [0.5, 0.6) is 0 Å². The van der Waals surface area contributed by atoms with Crippen LogP contribution >= 0.6 is 0 Å². The van der Waals surface area contributed by atoms with Gasteiger partial charge >= 0.3 is 0 Å². The summed E-state index contributed by atoms with van der Waals surface area (Å²) in [5.41, 5.74) is 0. The van der Waals surface area contributed by atoms with Crippen molar-refractivity contribution < 1.29 is 4.79 Å². The first kappa shape index (κ1) is 14.9. The van der Waals surface area contributed by atoms with E-state index in [0.29, 0.717) is 0 Å². The zero-order valence-corrected chi connectivity index (χ0v) is 9.44. The molecule has 3 heteroatoms. The Kier molecular flexibility index (Phi) is 16.1. The number of nitrogens with one attached hydrogen (secondary N) is 2. The second-order valence-electron chi connectivity index (χ2n) is 2.94. The second kappa shape index (κ2) is 14.0. The number of hydrogen-bond donors (Lipinski definition) is 2. The smallest absolute Gasteiger partial charge is 0.216 e. The van der Waals surface area contributed by atoms with Crippen LogP contribution in [0.2, 0.25) is 0 Å². The maximum absolute atomic E-state index is 10.1. The molecule has 0 aliphatic carbocycles. The first-order valence-corrected chi connectivity index (χ1v) is 5.08.